The van der Waals surface area contributed by atoms with Crippen LogP contribution in [0.5, 0.6) is 11.5 Å². The van der Waals surface area contributed by atoms with Crippen LogP contribution in [-0.4, -0.2) is 56.8 Å². The molecule has 1 aliphatic carbocycles. The number of ether oxygens (including phenoxy) is 2. The molecule has 1 atom stereocenters. The number of nitrogens with zero attached hydrogens (tertiary/aromatic N) is 2. The Balaban J connectivity index is 1.48. The zero-order valence-electron chi connectivity index (χ0n) is 23.7. The molecule has 40 heavy (non-hydrogen) atoms. The average molecular weight is 572 g/mol. The zero-order valence-corrected chi connectivity index (χ0v) is 24.5. The Morgan fingerprint density at radius 2 is 1.80 bits per heavy atom. The van der Waals surface area contributed by atoms with Crippen LogP contribution in [-0.2, 0) is 26.2 Å². The number of nitrogens with one attached hydrogen (secondary N) is 1. The van der Waals surface area contributed by atoms with E-state index < -0.39 is 16.1 Å². The number of sulfonamides is 1. The van der Waals surface area contributed by atoms with E-state index in [0.29, 0.717) is 36.6 Å². The molecule has 0 spiro atoms. The molecule has 2 aliphatic rings. The number of fused-ring (bicyclic) bond motifs is 1. The van der Waals surface area contributed by atoms with Crippen molar-refractivity contribution in [1.29, 1.82) is 0 Å². The first-order valence-electron chi connectivity index (χ1n) is 14.2. The fourth-order valence-electron chi connectivity index (χ4n) is 5.52. The largest absolute Gasteiger partial charge is 0.454 e. The third kappa shape index (κ3) is 7.68. The smallest absolute Gasteiger partial charge is 0.243 e. The van der Waals surface area contributed by atoms with Gasteiger partial charge in [-0.15, -0.1) is 0 Å². The minimum absolute atomic E-state index is 0.0931. The van der Waals surface area contributed by atoms with Crippen molar-refractivity contribution in [3.63, 3.8) is 0 Å². The van der Waals surface area contributed by atoms with Gasteiger partial charge in [-0.05, 0) is 50.3 Å². The third-order valence-corrected chi connectivity index (χ3v) is 8.76. The van der Waals surface area contributed by atoms with Crippen molar-refractivity contribution < 1.29 is 27.5 Å². The van der Waals surface area contributed by atoms with E-state index in [0.717, 1.165) is 43.1 Å². The lowest BCUT2D eigenvalue weighted by atomic mass is 9.95. The van der Waals surface area contributed by atoms with Crippen LogP contribution in [0.2, 0.25) is 0 Å². The topological polar surface area (TPSA) is 105 Å². The first-order valence-corrected chi connectivity index (χ1v) is 16.0. The lowest BCUT2D eigenvalue weighted by Gasteiger charge is -2.33. The maximum absolute atomic E-state index is 13.7. The maximum atomic E-state index is 13.7. The molecule has 1 saturated carbocycles. The summed E-state index contributed by atoms with van der Waals surface area (Å²) in [6.07, 6.45) is 7.38. The van der Waals surface area contributed by atoms with Crippen molar-refractivity contribution in [1.82, 2.24) is 10.2 Å². The van der Waals surface area contributed by atoms with Crippen molar-refractivity contribution >= 4 is 27.5 Å². The molecule has 2 aromatic rings. The first kappa shape index (κ1) is 29.7. The van der Waals surface area contributed by atoms with Gasteiger partial charge in [0.25, 0.3) is 0 Å². The molecule has 218 valence electrons. The molecule has 0 bridgehead atoms. The van der Waals surface area contributed by atoms with E-state index in [1.165, 1.54) is 10.7 Å². The van der Waals surface area contributed by atoms with Crippen molar-refractivity contribution in [2.24, 2.45) is 0 Å². The summed E-state index contributed by atoms with van der Waals surface area (Å²) in [5, 5.41) is 3.20. The van der Waals surface area contributed by atoms with E-state index >= 15 is 0 Å². The van der Waals surface area contributed by atoms with Gasteiger partial charge in [0.2, 0.25) is 28.6 Å². The van der Waals surface area contributed by atoms with E-state index in [9.17, 15) is 18.0 Å². The predicted octanol–water partition coefficient (Wildman–Crippen LogP) is 4.53. The van der Waals surface area contributed by atoms with Crippen molar-refractivity contribution in [2.75, 3.05) is 23.9 Å². The van der Waals surface area contributed by atoms with Crippen LogP contribution in [0.3, 0.4) is 0 Å². The number of carbonyl (C=O) groups excluding carboxylic acids is 2. The normalized spacial score (nSPS) is 15.9. The molecule has 0 unspecified atom stereocenters. The number of hydrogen-bond donors (Lipinski definition) is 1. The van der Waals surface area contributed by atoms with Gasteiger partial charge in [0.1, 0.15) is 6.04 Å². The summed E-state index contributed by atoms with van der Waals surface area (Å²) in [5.74, 6) is 0.761. The Bertz CT molecular complexity index is 1290. The summed E-state index contributed by atoms with van der Waals surface area (Å²) in [5.41, 5.74) is 2.49. The van der Waals surface area contributed by atoms with Gasteiger partial charge < -0.3 is 19.7 Å². The second-order valence-electron chi connectivity index (χ2n) is 10.8. The SMILES string of the molecule is CC[C@@H](C(=O)NC1CCCCC1)N(Cc1cccc(C)c1)C(=O)CCCN(c1ccc2c(c1)OCO2)S(C)(=O)=O. The molecule has 0 aromatic heterocycles. The molecule has 0 saturated heterocycles. The standard InChI is InChI=1S/C30H41N3O6S/c1-4-26(30(35)31-24-12-6-5-7-13-24)32(20-23-11-8-10-22(2)18-23)29(34)14-9-17-33(40(3,36)37)25-15-16-27-28(19-25)39-21-38-27/h8,10-11,15-16,18-19,24,26H,4-7,9,12-14,17,20-21H2,1-3H3,(H,31,35)/t26-/m0/s1. The highest BCUT2D eigenvalue weighted by molar-refractivity contribution is 7.92. The molecule has 1 N–H and O–H groups in total. The van der Waals surface area contributed by atoms with Crippen LogP contribution >= 0.6 is 0 Å². The van der Waals surface area contributed by atoms with Gasteiger partial charge >= 0.3 is 0 Å². The summed E-state index contributed by atoms with van der Waals surface area (Å²) in [4.78, 5) is 28.8. The lowest BCUT2D eigenvalue weighted by molar-refractivity contribution is -0.141. The van der Waals surface area contributed by atoms with E-state index in [1.807, 2.05) is 38.1 Å². The lowest BCUT2D eigenvalue weighted by Crippen LogP contribution is -2.51. The molecular weight excluding hydrogens is 530 g/mol. The number of hydrogen-bond acceptors (Lipinski definition) is 6. The van der Waals surface area contributed by atoms with Gasteiger partial charge in [0.05, 0.1) is 11.9 Å². The molecule has 2 amide bonds. The Morgan fingerprint density at radius 3 is 2.50 bits per heavy atom. The summed E-state index contributed by atoms with van der Waals surface area (Å²) in [6, 6.07) is 12.5. The number of rotatable bonds is 12. The molecule has 2 aromatic carbocycles. The summed E-state index contributed by atoms with van der Waals surface area (Å²) < 4.78 is 37.3. The fourth-order valence-corrected chi connectivity index (χ4v) is 6.47. The number of amides is 2. The van der Waals surface area contributed by atoms with E-state index in [-0.39, 0.29) is 37.6 Å². The van der Waals surface area contributed by atoms with Crippen LogP contribution in [0.4, 0.5) is 5.69 Å². The van der Waals surface area contributed by atoms with Crippen LogP contribution in [0, 0.1) is 6.92 Å². The van der Waals surface area contributed by atoms with Gasteiger partial charge in [0.15, 0.2) is 11.5 Å². The predicted molar refractivity (Wildman–Crippen MR) is 155 cm³/mol. The Hall–Kier alpha value is -3.27. The van der Waals surface area contributed by atoms with Crippen molar-refractivity contribution in [3.05, 3.63) is 53.6 Å². The highest BCUT2D eigenvalue weighted by Crippen LogP contribution is 2.36. The van der Waals surface area contributed by atoms with Gasteiger partial charge in [-0.1, -0.05) is 56.0 Å². The zero-order chi connectivity index (χ0) is 28.7. The van der Waals surface area contributed by atoms with Crippen molar-refractivity contribution in [3.8, 4) is 11.5 Å². The minimum atomic E-state index is -3.61. The van der Waals surface area contributed by atoms with E-state index in [1.54, 1.807) is 23.1 Å². The Morgan fingerprint density at radius 1 is 1.05 bits per heavy atom. The van der Waals surface area contributed by atoms with Crippen LogP contribution in [0.1, 0.15) is 69.4 Å². The van der Waals surface area contributed by atoms with E-state index in [2.05, 4.69) is 5.32 Å². The molecule has 1 heterocycles. The highest BCUT2D eigenvalue weighted by Gasteiger charge is 2.30. The fraction of sp³-hybridized carbons (Fsp3) is 0.533. The third-order valence-electron chi connectivity index (χ3n) is 7.57. The molecule has 10 heteroatoms. The summed E-state index contributed by atoms with van der Waals surface area (Å²) >= 11 is 0. The quantitative estimate of drug-likeness (QED) is 0.402. The Labute approximate surface area is 237 Å². The van der Waals surface area contributed by atoms with Crippen LogP contribution in [0.25, 0.3) is 0 Å². The van der Waals surface area contributed by atoms with Gasteiger partial charge in [0, 0.05) is 31.6 Å². The molecule has 4 rings (SSSR count). The Kier molecular flexibility index (Phi) is 9.95. The second-order valence-corrected chi connectivity index (χ2v) is 12.7. The monoisotopic (exact) mass is 571 g/mol. The minimum Gasteiger partial charge on any atom is -0.454 e. The molecule has 1 fully saturated rings. The van der Waals surface area contributed by atoms with Gasteiger partial charge in [-0.3, -0.25) is 13.9 Å². The average Bonchev–Trinajstić information content (AvgIpc) is 3.39. The number of benzene rings is 2. The van der Waals surface area contributed by atoms with Crippen LogP contribution < -0.4 is 19.1 Å². The number of aryl methyl sites for hydroxylation is 1. The van der Waals surface area contributed by atoms with Gasteiger partial charge in [-0.2, -0.15) is 0 Å². The summed E-state index contributed by atoms with van der Waals surface area (Å²) in [6.45, 7) is 4.45. The molecule has 0 radical (unpaired) electrons. The molecular formula is C30H41N3O6S. The highest BCUT2D eigenvalue weighted by atomic mass is 32.2. The number of anilines is 1. The second kappa shape index (κ2) is 13.4. The van der Waals surface area contributed by atoms with Gasteiger partial charge in [-0.25, -0.2) is 8.42 Å². The van der Waals surface area contributed by atoms with Crippen LogP contribution in [0.15, 0.2) is 42.5 Å². The van der Waals surface area contributed by atoms with E-state index in [4.69, 9.17) is 9.47 Å². The van der Waals surface area contributed by atoms with Crippen molar-refractivity contribution in [2.45, 2.75) is 83.8 Å². The molecule has 1 aliphatic heterocycles. The number of carbonyl (C=O) groups is 2. The maximum Gasteiger partial charge on any atom is 0.243 e. The summed E-state index contributed by atoms with van der Waals surface area (Å²) in [7, 11) is -3.61. The first-order chi connectivity index (χ1) is 19.2. The molecule has 9 nitrogen and oxygen atoms in total.